The van der Waals surface area contributed by atoms with Gasteiger partial charge in [-0.3, -0.25) is 4.68 Å². The van der Waals surface area contributed by atoms with Gasteiger partial charge in [0.15, 0.2) is 0 Å². The van der Waals surface area contributed by atoms with Crippen LogP contribution in [0.25, 0.3) is 0 Å². The Morgan fingerprint density at radius 3 is 2.40 bits per heavy atom. The molecule has 0 radical (unpaired) electrons. The minimum absolute atomic E-state index is 0.0184. The molecule has 108 valence electrons. The molecule has 1 N–H and O–H groups in total. The summed E-state index contributed by atoms with van der Waals surface area (Å²) in [6.07, 6.45) is 0.352. The van der Waals surface area contributed by atoms with E-state index in [2.05, 4.69) is 10.4 Å². The first kappa shape index (κ1) is 14.9. The van der Waals surface area contributed by atoms with Crippen LogP contribution in [0.4, 0.5) is 8.78 Å². The third-order valence-electron chi connectivity index (χ3n) is 3.36. The zero-order valence-electron chi connectivity index (χ0n) is 11.5. The molecule has 1 atom stereocenters. The zero-order valence-corrected chi connectivity index (χ0v) is 12.3. The van der Waals surface area contributed by atoms with Crippen molar-refractivity contribution in [2.75, 3.05) is 7.05 Å². The molecule has 0 saturated carbocycles. The molecule has 2 aromatic rings. The molecular formula is C14H16ClF2N3. The first-order valence-electron chi connectivity index (χ1n) is 6.24. The van der Waals surface area contributed by atoms with Crippen LogP contribution in [0.2, 0.25) is 5.02 Å². The van der Waals surface area contributed by atoms with E-state index in [-0.39, 0.29) is 5.56 Å². The largest absolute Gasteiger partial charge is 0.312 e. The average Bonchev–Trinajstić information content (AvgIpc) is 2.63. The van der Waals surface area contributed by atoms with Crippen molar-refractivity contribution >= 4 is 11.6 Å². The first-order chi connectivity index (χ1) is 9.45. The van der Waals surface area contributed by atoms with Crippen LogP contribution in [-0.4, -0.2) is 16.8 Å². The van der Waals surface area contributed by atoms with Gasteiger partial charge in [-0.05, 0) is 26.1 Å². The van der Waals surface area contributed by atoms with Crippen molar-refractivity contribution in [2.24, 2.45) is 7.05 Å². The van der Waals surface area contributed by atoms with Gasteiger partial charge in [-0.25, -0.2) is 8.78 Å². The van der Waals surface area contributed by atoms with E-state index >= 15 is 0 Å². The predicted molar refractivity (Wildman–Crippen MR) is 74.8 cm³/mol. The van der Waals surface area contributed by atoms with Crippen molar-refractivity contribution in [1.29, 1.82) is 0 Å². The van der Waals surface area contributed by atoms with Gasteiger partial charge in [0.1, 0.15) is 11.6 Å². The second-order valence-electron chi connectivity index (χ2n) is 4.65. The van der Waals surface area contributed by atoms with E-state index in [1.54, 1.807) is 25.7 Å². The average molecular weight is 300 g/mol. The van der Waals surface area contributed by atoms with Crippen molar-refractivity contribution in [3.8, 4) is 0 Å². The summed E-state index contributed by atoms with van der Waals surface area (Å²) >= 11 is 6.18. The SMILES string of the molecule is CNC(Cc1c(Cl)c(C)nn1C)c1c(F)cccc1F. The van der Waals surface area contributed by atoms with Crippen molar-refractivity contribution in [3.63, 3.8) is 0 Å². The Labute approximate surface area is 121 Å². The van der Waals surface area contributed by atoms with Gasteiger partial charge in [0.05, 0.1) is 16.4 Å². The maximum atomic E-state index is 13.9. The second kappa shape index (κ2) is 5.89. The van der Waals surface area contributed by atoms with Crippen LogP contribution < -0.4 is 5.32 Å². The van der Waals surface area contributed by atoms with E-state index < -0.39 is 17.7 Å². The Morgan fingerprint density at radius 1 is 1.35 bits per heavy atom. The number of nitrogens with zero attached hydrogens (tertiary/aromatic N) is 2. The highest BCUT2D eigenvalue weighted by Gasteiger charge is 2.22. The fourth-order valence-electron chi connectivity index (χ4n) is 2.29. The number of nitrogens with one attached hydrogen (secondary N) is 1. The minimum atomic E-state index is -0.570. The molecule has 0 spiro atoms. The highest BCUT2D eigenvalue weighted by molar-refractivity contribution is 6.31. The maximum absolute atomic E-state index is 13.9. The number of rotatable bonds is 4. The molecule has 0 fully saturated rings. The quantitative estimate of drug-likeness (QED) is 0.940. The molecule has 2 rings (SSSR count). The van der Waals surface area contributed by atoms with E-state index in [1.807, 2.05) is 0 Å². The maximum Gasteiger partial charge on any atom is 0.130 e. The molecule has 0 aliphatic rings. The summed E-state index contributed by atoms with van der Waals surface area (Å²) in [5, 5.41) is 7.67. The standard InChI is InChI=1S/C14H16ClF2N3/c1-8-14(15)12(20(3)19-8)7-11(18-2)13-9(16)5-4-6-10(13)17/h4-6,11,18H,7H2,1-3H3. The molecule has 1 heterocycles. The monoisotopic (exact) mass is 299 g/mol. The molecule has 6 heteroatoms. The summed E-state index contributed by atoms with van der Waals surface area (Å²) in [5.74, 6) is -1.14. The highest BCUT2D eigenvalue weighted by atomic mass is 35.5. The lowest BCUT2D eigenvalue weighted by molar-refractivity contribution is 0.481. The third kappa shape index (κ3) is 2.69. The van der Waals surface area contributed by atoms with E-state index in [9.17, 15) is 8.78 Å². The summed E-state index contributed by atoms with van der Waals surface area (Å²) in [6, 6.07) is 3.34. The normalized spacial score (nSPS) is 12.7. The van der Waals surface area contributed by atoms with Gasteiger partial charge in [-0.1, -0.05) is 17.7 Å². The lowest BCUT2D eigenvalue weighted by atomic mass is 10.0. The smallest absolute Gasteiger partial charge is 0.130 e. The predicted octanol–water partition coefficient (Wildman–Crippen LogP) is 3.16. The van der Waals surface area contributed by atoms with Gasteiger partial charge in [0.25, 0.3) is 0 Å². The lowest BCUT2D eigenvalue weighted by Crippen LogP contribution is -2.22. The molecule has 0 aliphatic heterocycles. The summed E-state index contributed by atoms with van der Waals surface area (Å²) in [4.78, 5) is 0. The van der Waals surface area contributed by atoms with Crippen molar-refractivity contribution < 1.29 is 8.78 Å². The Morgan fingerprint density at radius 2 is 1.95 bits per heavy atom. The highest BCUT2D eigenvalue weighted by Crippen LogP contribution is 2.28. The lowest BCUT2D eigenvalue weighted by Gasteiger charge is -2.18. The Kier molecular flexibility index (Phi) is 4.40. The third-order valence-corrected chi connectivity index (χ3v) is 3.85. The molecule has 20 heavy (non-hydrogen) atoms. The number of halogens is 3. The number of benzene rings is 1. The van der Waals surface area contributed by atoms with Crippen molar-refractivity contribution in [2.45, 2.75) is 19.4 Å². The number of hydrogen-bond donors (Lipinski definition) is 1. The van der Waals surface area contributed by atoms with Gasteiger partial charge < -0.3 is 5.32 Å². The summed E-state index contributed by atoms with van der Waals surface area (Å²) < 4.78 is 29.4. The fraction of sp³-hybridized carbons (Fsp3) is 0.357. The van der Waals surface area contributed by atoms with Gasteiger partial charge in [-0.15, -0.1) is 0 Å². The number of aromatic nitrogens is 2. The molecule has 1 aromatic heterocycles. The molecular weight excluding hydrogens is 284 g/mol. The van der Waals surface area contributed by atoms with Gasteiger partial charge >= 0.3 is 0 Å². The second-order valence-corrected chi connectivity index (χ2v) is 5.03. The topological polar surface area (TPSA) is 29.9 Å². The van der Waals surface area contributed by atoms with E-state index in [4.69, 9.17) is 11.6 Å². The fourth-order valence-corrected chi connectivity index (χ4v) is 2.52. The van der Waals surface area contributed by atoms with Crippen LogP contribution in [0, 0.1) is 18.6 Å². The number of hydrogen-bond acceptors (Lipinski definition) is 2. The Hall–Kier alpha value is -1.46. The van der Waals surface area contributed by atoms with Crippen molar-refractivity contribution in [3.05, 3.63) is 51.8 Å². The van der Waals surface area contributed by atoms with Gasteiger partial charge in [0.2, 0.25) is 0 Å². The van der Waals surface area contributed by atoms with Crippen LogP contribution >= 0.6 is 11.6 Å². The van der Waals surface area contributed by atoms with E-state index in [1.165, 1.54) is 18.2 Å². The number of likely N-dealkylation sites (N-methyl/N-ethyl adjacent to an activating group) is 1. The molecule has 0 aliphatic carbocycles. The minimum Gasteiger partial charge on any atom is -0.312 e. The van der Waals surface area contributed by atoms with Crippen LogP contribution in [0.1, 0.15) is 23.0 Å². The molecule has 3 nitrogen and oxygen atoms in total. The van der Waals surface area contributed by atoms with Crippen LogP contribution in [-0.2, 0) is 13.5 Å². The molecule has 1 aromatic carbocycles. The van der Waals surface area contributed by atoms with Gasteiger partial charge in [0, 0.05) is 25.1 Å². The number of aryl methyl sites for hydroxylation is 2. The zero-order chi connectivity index (χ0) is 14.9. The van der Waals surface area contributed by atoms with Crippen LogP contribution in [0.15, 0.2) is 18.2 Å². The summed E-state index contributed by atoms with van der Waals surface area (Å²) in [5.41, 5.74) is 1.46. The van der Waals surface area contributed by atoms with Crippen LogP contribution in [0.3, 0.4) is 0 Å². The van der Waals surface area contributed by atoms with E-state index in [0.29, 0.717) is 17.1 Å². The Balaban J connectivity index is 2.39. The first-order valence-corrected chi connectivity index (χ1v) is 6.62. The van der Waals surface area contributed by atoms with E-state index in [0.717, 1.165) is 5.69 Å². The molecule has 0 amide bonds. The van der Waals surface area contributed by atoms with Crippen molar-refractivity contribution in [1.82, 2.24) is 15.1 Å². The Bertz CT molecular complexity index is 605. The van der Waals surface area contributed by atoms with Crippen LogP contribution in [0.5, 0.6) is 0 Å². The molecule has 1 unspecified atom stereocenters. The summed E-state index contributed by atoms with van der Waals surface area (Å²) in [7, 11) is 3.42. The molecule has 0 bridgehead atoms. The van der Waals surface area contributed by atoms with Gasteiger partial charge in [-0.2, -0.15) is 5.10 Å². The molecule has 0 saturated heterocycles. The summed E-state index contributed by atoms with van der Waals surface area (Å²) in [6.45, 7) is 1.80.